The SMILES string of the molecule is Cl.Cl.O=C(c1cncc(F)c1)N1CCN(C2CCNC2)CC1. The van der Waals surface area contributed by atoms with Gasteiger partial charge in [-0.15, -0.1) is 24.8 Å². The molecule has 2 fully saturated rings. The number of hydrogen-bond acceptors (Lipinski definition) is 4. The molecule has 1 unspecified atom stereocenters. The molecule has 1 atom stereocenters. The van der Waals surface area contributed by atoms with Crippen LogP contribution in [0.5, 0.6) is 0 Å². The van der Waals surface area contributed by atoms with E-state index in [2.05, 4.69) is 15.2 Å². The highest BCUT2D eigenvalue weighted by molar-refractivity contribution is 5.94. The van der Waals surface area contributed by atoms with Gasteiger partial charge in [0.05, 0.1) is 11.8 Å². The maximum Gasteiger partial charge on any atom is 0.255 e. The second-order valence-corrected chi connectivity index (χ2v) is 5.37. The van der Waals surface area contributed by atoms with Crippen LogP contribution in [0.3, 0.4) is 0 Å². The van der Waals surface area contributed by atoms with Crippen molar-refractivity contribution in [2.24, 2.45) is 0 Å². The quantitative estimate of drug-likeness (QED) is 0.870. The molecule has 8 heteroatoms. The summed E-state index contributed by atoms with van der Waals surface area (Å²) in [6.07, 6.45) is 3.72. The van der Waals surface area contributed by atoms with Crippen molar-refractivity contribution in [3.05, 3.63) is 29.8 Å². The van der Waals surface area contributed by atoms with Gasteiger partial charge in [0.1, 0.15) is 5.82 Å². The fraction of sp³-hybridized carbons (Fsp3) is 0.571. The van der Waals surface area contributed by atoms with E-state index in [9.17, 15) is 9.18 Å². The van der Waals surface area contributed by atoms with E-state index in [-0.39, 0.29) is 30.7 Å². The van der Waals surface area contributed by atoms with Crippen LogP contribution in [-0.4, -0.2) is 66.0 Å². The van der Waals surface area contributed by atoms with E-state index in [4.69, 9.17) is 0 Å². The second-order valence-electron chi connectivity index (χ2n) is 5.37. The van der Waals surface area contributed by atoms with E-state index >= 15 is 0 Å². The molecule has 0 bridgehead atoms. The van der Waals surface area contributed by atoms with Crippen LogP contribution in [0.25, 0.3) is 0 Å². The molecule has 1 amide bonds. The van der Waals surface area contributed by atoms with Crippen molar-refractivity contribution in [1.82, 2.24) is 20.1 Å². The Morgan fingerprint density at radius 1 is 1.23 bits per heavy atom. The summed E-state index contributed by atoms with van der Waals surface area (Å²) in [4.78, 5) is 20.2. The summed E-state index contributed by atoms with van der Waals surface area (Å²) in [5.41, 5.74) is 0.334. The van der Waals surface area contributed by atoms with E-state index in [0.717, 1.165) is 32.4 Å². The van der Waals surface area contributed by atoms with Crippen LogP contribution in [0.1, 0.15) is 16.8 Å². The number of pyridine rings is 1. The fourth-order valence-electron chi connectivity index (χ4n) is 2.95. The summed E-state index contributed by atoms with van der Waals surface area (Å²) in [6.45, 7) is 5.31. The van der Waals surface area contributed by atoms with Crippen molar-refractivity contribution in [2.75, 3.05) is 39.3 Å². The zero-order valence-corrected chi connectivity index (χ0v) is 13.8. The van der Waals surface area contributed by atoms with Gasteiger partial charge in [-0.1, -0.05) is 0 Å². The van der Waals surface area contributed by atoms with Crippen LogP contribution >= 0.6 is 24.8 Å². The summed E-state index contributed by atoms with van der Waals surface area (Å²) >= 11 is 0. The Labute approximate surface area is 142 Å². The minimum atomic E-state index is -0.466. The number of aromatic nitrogens is 1. The highest BCUT2D eigenvalue weighted by atomic mass is 35.5. The zero-order chi connectivity index (χ0) is 13.9. The van der Waals surface area contributed by atoms with Crippen molar-refractivity contribution in [3.8, 4) is 0 Å². The molecule has 1 aromatic heterocycles. The van der Waals surface area contributed by atoms with Crippen LogP contribution in [0.4, 0.5) is 4.39 Å². The van der Waals surface area contributed by atoms with Gasteiger partial charge in [-0.05, 0) is 19.0 Å². The molecule has 5 nitrogen and oxygen atoms in total. The first-order valence-electron chi connectivity index (χ1n) is 7.08. The molecule has 1 aromatic rings. The Hall–Kier alpha value is -0.950. The van der Waals surface area contributed by atoms with Crippen molar-refractivity contribution in [1.29, 1.82) is 0 Å². The fourth-order valence-corrected chi connectivity index (χ4v) is 2.95. The highest BCUT2D eigenvalue weighted by Gasteiger charge is 2.28. The maximum absolute atomic E-state index is 13.1. The Balaban J connectivity index is 0.00000121. The first-order valence-corrected chi connectivity index (χ1v) is 7.08. The van der Waals surface area contributed by atoms with Crippen LogP contribution in [0.2, 0.25) is 0 Å². The molecule has 0 spiro atoms. The van der Waals surface area contributed by atoms with Crippen LogP contribution in [0, 0.1) is 5.82 Å². The predicted octanol–water partition coefficient (Wildman–Crippen LogP) is 1.18. The number of nitrogens with one attached hydrogen (secondary N) is 1. The third-order valence-electron chi connectivity index (χ3n) is 4.10. The molecule has 124 valence electrons. The smallest absolute Gasteiger partial charge is 0.255 e. The Kier molecular flexibility index (Phi) is 7.48. The van der Waals surface area contributed by atoms with Crippen molar-refractivity contribution >= 4 is 30.7 Å². The normalized spacial score (nSPS) is 21.9. The lowest BCUT2D eigenvalue weighted by Crippen LogP contribution is -2.52. The van der Waals surface area contributed by atoms with Gasteiger partial charge < -0.3 is 10.2 Å². The maximum atomic E-state index is 13.1. The summed E-state index contributed by atoms with van der Waals surface area (Å²) in [6, 6.07) is 1.85. The molecule has 2 aliphatic heterocycles. The number of nitrogens with zero attached hydrogens (tertiary/aromatic N) is 3. The molecular weight excluding hydrogens is 330 g/mol. The zero-order valence-electron chi connectivity index (χ0n) is 12.2. The van der Waals surface area contributed by atoms with Crippen LogP contribution < -0.4 is 5.32 Å². The third-order valence-corrected chi connectivity index (χ3v) is 4.10. The molecule has 2 aliphatic rings. The topological polar surface area (TPSA) is 48.5 Å². The average molecular weight is 351 g/mol. The third kappa shape index (κ3) is 4.29. The first-order chi connectivity index (χ1) is 9.74. The number of piperazine rings is 1. The molecule has 0 aliphatic carbocycles. The lowest BCUT2D eigenvalue weighted by atomic mass is 10.1. The Bertz CT molecular complexity index is 491. The molecule has 0 aromatic carbocycles. The van der Waals surface area contributed by atoms with Gasteiger partial charge in [0, 0.05) is 45.0 Å². The monoisotopic (exact) mass is 350 g/mol. The average Bonchev–Trinajstić information content (AvgIpc) is 3.01. The lowest BCUT2D eigenvalue weighted by molar-refractivity contribution is 0.0583. The van der Waals surface area contributed by atoms with E-state index in [0.29, 0.717) is 24.7 Å². The van der Waals surface area contributed by atoms with E-state index in [1.54, 1.807) is 4.90 Å². The van der Waals surface area contributed by atoms with Gasteiger partial charge in [-0.3, -0.25) is 14.7 Å². The van der Waals surface area contributed by atoms with E-state index in [1.807, 2.05) is 0 Å². The van der Waals surface area contributed by atoms with Crippen molar-refractivity contribution < 1.29 is 9.18 Å². The lowest BCUT2D eigenvalue weighted by Gasteiger charge is -2.37. The molecular formula is C14H21Cl2FN4O. The van der Waals surface area contributed by atoms with Crippen molar-refractivity contribution in [2.45, 2.75) is 12.5 Å². The van der Waals surface area contributed by atoms with Crippen LogP contribution in [-0.2, 0) is 0 Å². The van der Waals surface area contributed by atoms with Gasteiger partial charge in [-0.25, -0.2) is 4.39 Å². The van der Waals surface area contributed by atoms with Gasteiger partial charge in [-0.2, -0.15) is 0 Å². The summed E-state index contributed by atoms with van der Waals surface area (Å²) < 4.78 is 13.1. The number of carbonyl (C=O) groups is 1. The first kappa shape index (κ1) is 19.1. The minimum absolute atomic E-state index is 0. The number of rotatable bonds is 2. The van der Waals surface area contributed by atoms with Crippen molar-refractivity contribution in [3.63, 3.8) is 0 Å². The number of carbonyl (C=O) groups excluding carboxylic acids is 1. The van der Waals surface area contributed by atoms with Crippen LogP contribution in [0.15, 0.2) is 18.5 Å². The standard InChI is InChI=1S/C14H19FN4O.2ClH/c15-12-7-11(8-17-9-12)14(20)19-5-3-18(4-6-19)13-1-2-16-10-13;;/h7-9,13,16H,1-6,10H2;2*1H. The Morgan fingerprint density at radius 3 is 2.55 bits per heavy atom. The number of halogens is 3. The van der Waals surface area contributed by atoms with Gasteiger partial charge in [0.2, 0.25) is 0 Å². The van der Waals surface area contributed by atoms with E-state index in [1.165, 1.54) is 18.7 Å². The molecule has 2 saturated heterocycles. The molecule has 3 rings (SSSR count). The Morgan fingerprint density at radius 2 is 1.95 bits per heavy atom. The molecule has 3 heterocycles. The van der Waals surface area contributed by atoms with Gasteiger partial charge in [0.15, 0.2) is 0 Å². The van der Waals surface area contributed by atoms with Gasteiger partial charge in [0.25, 0.3) is 5.91 Å². The highest BCUT2D eigenvalue weighted by Crippen LogP contribution is 2.14. The molecule has 0 radical (unpaired) electrons. The molecule has 22 heavy (non-hydrogen) atoms. The number of hydrogen-bond donors (Lipinski definition) is 1. The largest absolute Gasteiger partial charge is 0.336 e. The predicted molar refractivity (Wildman–Crippen MR) is 87.4 cm³/mol. The summed E-state index contributed by atoms with van der Waals surface area (Å²) in [5, 5.41) is 3.36. The molecule has 0 saturated carbocycles. The summed E-state index contributed by atoms with van der Waals surface area (Å²) in [7, 11) is 0. The van der Waals surface area contributed by atoms with Gasteiger partial charge >= 0.3 is 0 Å². The number of amides is 1. The minimum Gasteiger partial charge on any atom is -0.336 e. The molecule has 1 N–H and O–H groups in total. The summed E-state index contributed by atoms with van der Waals surface area (Å²) in [5.74, 6) is -0.590. The second kappa shape index (κ2) is 8.62. The van der Waals surface area contributed by atoms with E-state index < -0.39 is 5.82 Å².